The van der Waals surface area contributed by atoms with Crippen molar-refractivity contribution in [2.24, 2.45) is 4.99 Å². The average molecular weight is 453 g/mol. The van der Waals surface area contributed by atoms with E-state index >= 15 is 0 Å². The number of ether oxygens (including phenoxy) is 1. The molecule has 0 aliphatic carbocycles. The van der Waals surface area contributed by atoms with Crippen LogP contribution in [-0.4, -0.2) is 32.6 Å². The Balaban J connectivity index is 0.00000484. The first-order valence-corrected chi connectivity index (χ1v) is 8.60. The van der Waals surface area contributed by atoms with Gasteiger partial charge in [-0.25, -0.2) is 0 Å². The number of nitrogens with zero attached hydrogens (tertiary/aromatic N) is 1. The molecule has 1 rings (SSSR count). The standard InChI is InChI=1S/C16H27N3O2S.HI/c1-4-13-9-10-14(22-13)12-19-16(17-2)18-11-7-5-6-8-15(20)21-3;/h9-10H,4-8,11-12H2,1-3H3,(H2,17,18,19);1H. The Morgan fingerprint density at radius 2 is 1.96 bits per heavy atom. The van der Waals surface area contributed by atoms with E-state index in [4.69, 9.17) is 0 Å². The third-order valence-electron chi connectivity index (χ3n) is 3.30. The number of carbonyl (C=O) groups excluding carboxylic acids is 1. The fraction of sp³-hybridized carbons (Fsp3) is 0.625. The number of hydrogen-bond donors (Lipinski definition) is 2. The van der Waals surface area contributed by atoms with Crippen LogP contribution in [0.25, 0.3) is 0 Å². The second kappa shape index (κ2) is 13.6. The molecule has 132 valence electrons. The van der Waals surface area contributed by atoms with E-state index in [0.29, 0.717) is 6.42 Å². The molecule has 1 heterocycles. The lowest BCUT2D eigenvalue weighted by molar-refractivity contribution is -0.140. The Labute approximate surface area is 160 Å². The van der Waals surface area contributed by atoms with Crippen LogP contribution in [-0.2, 0) is 22.5 Å². The summed E-state index contributed by atoms with van der Waals surface area (Å²) >= 11 is 1.84. The average Bonchev–Trinajstić information content (AvgIpc) is 3.01. The molecule has 0 spiro atoms. The van der Waals surface area contributed by atoms with Gasteiger partial charge in [0.05, 0.1) is 13.7 Å². The number of unbranched alkanes of at least 4 members (excludes halogenated alkanes) is 2. The van der Waals surface area contributed by atoms with Gasteiger partial charge in [-0.05, 0) is 31.4 Å². The molecule has 0 amide bonds. The Morgan fingerprint density at radius 1 is 1.22 bits per heavy atom. The van der Waals surface area contributed by atoms with Crippen LogP contribution in [0.4, 0.5) is 0 Å². The van der Waals surface area contributed by atoms with E-state index in [1.165, 1.54) is 16.9 Å². The van der Waals surface area contributed by atoms with Crippen molar-refractivity contribution in [1.82, 2.24) is 10.6 Å². The number of carbonyl (C=O) groups is 1. The highest BCUT2D eigenvalue weighted by molar-refractivity contribution is 14.0. The van der Waals surface area contributed by atoms with Crippen molar-refractivity contribution in [3.05, 3.63) is 21.9 Å². The van der Waals surface area contributed by atoms with Crippen molar-refractivity contribution in [3.8, 4) is 0 Å². The molecule has 0 fully saturated rings. The summed E-state index contributed by atoms with van der Waals surface area (Å²) in [4.78, 5) is 17.9. The van der Waals surface area contributed by atoms with E-state index in [1.807, 2.05) is 11.3 Å². The summed E-state index contributed by atoms with van der Waals surface area (Å²) in [5, 5.41) is 6.61. The molecule has 0 saturated heterocycles. The summed E-state index contributed by atoms with van der Waals surface area (Å²) in [6, 6.07) is 4.34. The molecular weight excluding hydrogens is 425 g/mol. The van der Waals surface area contributed by atoms with E-state index in [2.05, 4.69) is 39.4 Å². The number of guanidine groups is 1. The van der Waals surface area contributed by atoms with E-state index in [0.717, 1.165) is 44.7 Å². The lowest BCUT2D eigenvalue weighted by Crippen LogP contribution is -2.37. The molecule has 0 aliphatic heterocycles. The van der Waals surface area contributed by atoms with Gasteiger partial charge in [0.2, 0.25) is 0 Å². The number of halogens is 1. The quantitative estimate of drug-likeness (QED) is 0.198. The molecule has 1 aromatic rings. The Morgan fingerprint density at radius 3 is 2.57 bits per heavy atom. The van der Waals surface area contributed by atoms with Gasteiger partial charge < -0.3 is 15.4 Å². The fourth-order valence-electron chi connectivity index (χ4n) is 1.98. The van der Waals surface area contributed by atoms with Gasteiger partial charge in [0.25, 0.3) is 0 Å². The van der Waals surface area contributed by atoms with Crippen molar-refractivity contribution in [2.75, 3.05) is 20.7 Å². The summed E-state index contributed by atoms with van der Waals surface area (Å²) in [5.41, 5.74) is 0. The van der Waals surface area contributed by atoms with Crippen molar-refractivity contribution in [3.63, 3.8) is 0 Å². The van der Waals surface area contributed by atoms with Crippen LogP contribution < -0.4 is 10.6 Å². The molecule has 0 aliphatic rings. The highest BCUT2D eigenvalue weighted by Gasteiger charge is 2.02. The third kappa shape index (κ3) is 9.80. The predicted octanol–water partition coefficient (Wildman–Crippen LogP) is 3.33. The maximum Gasteiger partial charge on any atom is 0.305 e. The first-order chi connectivity index (χ1) is 10.7. The van der Waals surface area contributed by atoms with Crippen molar-refractivity contribution in [2.45, 2.75) is 45.6 Å². The topological polar surface area (TPSA) is 62.7 Å². The third-order valence-corrected chi connectivity index (χ3v) is 4.53. The molecule has 0 bridgehead atoms. The molecule has 0 radical (unpaired) electrons. The number of nitrogens with one attached hydrogen (secondary N) is 2. The van der Waals surface area contributed by atoms with Crippen molar-refractivity contribution in [1.29, 1.82) is 0 Å². The van der Waals surface area contributed by atoms with Gasteiger partial charge in [-0.15, -0.1) is 35.3 Å². The molecule has 23 heavy (non-hydrogen) atoms. The molecule has 0 saturated carbocycles. The van der Waals surface area contributed by atoms with Gasteiger partial charge in [0.1, 0.15) is 0 Å². The second-order valence-corrected chi connectivity index (χ2v) is 6.21. The van der Waals surface area contributed by atoms with E-state index in [-0.39, 0.29) is 29.9 Å². The summed E-state index contributed by atoms with van der Waals surface area (Å²) in [5.74, 6) is 0.687. The van der Waals surface area contributed by atoms with Crippen LogP contribution in [0.2, 0.25) is 0 Å². The van der Waals surface area contributed by atoms with Crippen LogP contribution in [0.5, 0.6) is 0 Å². The van der Waals surface area contributed by atoms with Gasteiger partial charge in [-0.1, -0.05) is 13.3 Å². The lowest BCUT2D eigenvalue weighted by Gasteiger charge is -2.11. The number of rotatable bonds is 9. The zero-order chi connectivity index (χ0) is 16.2. The molecular formula is C16H28IN3O2S. The Hall–Kier alpha value is -0.830. The summed E-state index contributed by atoms with van der Waals surface area (Å²) in [6.45, 7) is 3.82. The number of aliphatic imine (C=N–C) groups is 1. The minimum atomic E-state index is -0.132. The minimum Gasteiger partial charge on any atom is -0.469 e. The van der Waals surface area contributed by atoms with Crippen molar-refractivity contribution < 1.29 is 9.53 Å². The number of thiophene rings is 1. The Bertz CT molecular complexity index is 478. The van der Waals surface area contributed by atoms with E-state index < -0.39 is 0 Å². The maximum atomic E-state index is 11.0. The number of hydrogen-bond acceptors (Lipinski definition) is 4. The van der Waals surface area contributed by atoms with Gasteiger partial charge in [-0.2, -0.15) is 0 Å². The largest absolute Gasteiger partial charge is 0.469 e. The van der Waals surface area contributed by atoms with Gasteiger partial charge in [0.15, 0.2) is 5.96 Å². The highest BCUT2D eigenvalue weighted by atomic mass is 127. The van der Waals surface area contributed by atoms with Crippen molar-refractivity contribution >= 4 is 47.2 Å². The SMILES string of the molecule is CCc1ccc(CNC(=NC)NCCCCCC(=O)OC)s1.I. The van der Waals surface area contributed by atoms with Crippen LogP contribution in [0, 0.1) is 0 Å². The molecule has 0 unspecified atom stereocenters. The smallest absolute Gasteiger partial charge is 0.305 e. The molecule has 1 aromatic heterocycles. The molecule has 5 nitrogen and oxygen atoms in total. The first-order valence-electron chi connectivity index (χ1n) is 7.78. The fourth-order valence-corrected chi connectivity index (χ4v) is 2.88. The lowest BCUT2D eigenvalue weighted by atomic mass is 10.2. The van der Waals surface area contributed by atoms with Gasteiger partial charge in [-0.3, -0.25) is 9.79 Å². The summed E-state index contributed by atoms with van der Waals surface area (Å²) < 4.78 is 4.61. The number of esters is 1. The molecule has 0 atom stereocenters. The zero-order valence-electron chi connectivity index (χ0n) is 14.2. The molecule has 7 heteroatoms. The van der Waals surface area contributed by atoms with Gasteiger partial charge in [0, 0.05) is 29.8 Å². The first kappa shape index (κ1) is 22.2. The second-order valence-electron chi connectivity index (χ2n) is 4.96. The van der Waals surface area contributed by atoms with E-state index in [1.54, 1.807) is 7.05 Å². The summed E-state index contributed by atoms with van der Waals surface area (Å²) in [6.07, 6.45) is 4.47. The predicted molar refractivity (Wildman–Crippen MR) is 108 cm³/mol. The monoisotopic (exact) mass is 453 g/mol. The highest BCUT2D eigenvalue weighted by Crippen LogP contribution is 2.16. The van der Waals surface area contributed by atoms with Crippen LogP contribution >= 0.6 is 35.3 Å². The number of methoxy groups -OCH3 is 1. The van der Waals surface area contributed by atoms with Crippen LogP contribution in [0.15, 0.2) is 17.1 Å². The van der Waals surface area contributed by atoms with Gasteiger partial charge >= 0.3 is 5.97 Å². The maximum absolute atomic E-state index is 11.0. The minimum absolute atomic E-state index is 0. The van der Waals surface area contributed by atoms with Crippen LogP contribution in [0.1, 0.15) is 42.4 Å². The Kier molecular flexibility index (Phi) is 13.1. The summed E-state index contributed by atoms with van der Waals surface area (Å²) in [7, 11) is 3.20. The number of aryl methyl sites for hydroxylation is 1. The van der Waals surface area contributed by atoms with E-state index in [9.17, 15) is 4.79 Å². The molecule has 2 N–H and O–H groups in total. The molecule has 0 aromatic carbocycles. The van der Waals surface area contributed by atoms with Crippen LogP contribution in [0.3, 0.4) is 0 Å². The normalized spacial score (nSPS) is 10.8. The zero-order valence-corrected chi connectivity index (χ0v) is 17.3.